The van der Waals surface area contributed by atoms with Crippen LogP contribution in [0.3, 0.4) is 0 Å². The van der Waals surface area contributed by atoms with Gasteiger partial charge in [-0.1, -0.05) is 42.8 Å². The van der Waals surface area contributed by atoms with E-state index in [9.17, 15) is 19.5 Å². The van der Waals surface area contributed by atoms with Crippen LogP contribution in [0, 0.1) is 11.8 Å². The molecule has 2 fully saturated rings. The molecule has 0 aromatic heterocycles. The third-order valence-corrected chi connectivity index (χ3v) is 9.72. The van der Waals surface area contributed by atoms with E-state index >= 15 is 0 Å². The summed E-state index contributed by atoms with van der Waals surface area (Å²) in [6.45, 7) is 4.16. The number of benzene rings is 1. The van der Waals surface area contributed by atoms with Crippen LogP contribution in [0.4, 0.5) is 5.69 Å². The Morgan fingerprint density at radius 3 is 2.57 bits per heavy atom. The number of likely N-dealkylation sites (tertiary alicyclic amines) is 1. The number of carbonyl (C=O) groups excluding carboxylic acids is 3. The van der Waals surface area contributed by atoms with Crippen molar-refractivity contribution in [1.82, 2.24) is 4.90 Å². The molecule has 1 N–H and O–H groups in total. The molecule has 5 rings (SSSR count). The molecule has 1 unspecified atom stereocenters. The van der Waals surface area contributed by atoms with Crippen LogP contribution in [-0.2, 0) is 19.1 Å². The minimum atomic E-state index is -0.967. The number of ether oxygens (including phenoxy) is 1. The van der Waals surface area contributed by atoms with Crippen molar-refractivity contribution >= 4 is 46.8 Å². The number of aliphatic hydroxyl groups is 1. The fourth-order valence-electron chi connectivity index (χ4n) is 6.09. The van der Waals surface area contributed by atoms with Crippen LogP contribution in [0.15, 0.2) is 48.6 Å². The van der Waals surface area contributed by atoms with E-state index in [0.717, 1.165) is 0 Å². The number of amides is 2. The van der Waals surface area contributed by atoms with Gasteiger partial charge in [0.05, 0.1) is 35.8 Å². The standard InChI is InChI=1S/C26H29ClN2O5S/c1-3-17(15-30)29-21-23(32)28(18-9-7-16(27)8-10-18)13-6-12-26(21)19(22(29)31)20-24(33)34-14-5-4-11-25(20,2)35-26/h4,6-12,17,19-21,30H,3,5,13-15H2,1-2H3/t17-,19-,20-,21?,25+,26-/m0/s1. The van der Waals surface area contributed by atoms with Gasteiger partial charge < -0.3 is 19.6 Å². The molecule has 2 saturated heterocycles. The first-order chi connectivity index (χ1) is 16.8. The lowest BCUT2D eigenvalue weighted by atomic mass is 9.74. The molecule has 6 atom stereocenters. The third-order valence-electron chi connectivity index (χ3n) is 7.67. The minimum Gasteiger partial charge on any atom is -0.465 e. The van der Waals surface area contributed by atoms with E-state index in [1.807, 2.05) is 38.2 Å². The van der Waals surface area contributed by atoms with Crippen molar-refractivity contribution in [3.05, 3.63) is 53.6 Å². The number of aliphatic hydroxyl groups excluding tert-OH is 1. The van der Waals surface area contributed by atoms with Crippen LogP contribution in [0.25, 0.3) is 0 Å². The molecule has 0 bridgehead atoms. The van der Waals surface area contributed by atoms with E-state index in [4.69, 9.17) is 16.3 Å². The zero-order chi connectivity index (χ0) is 25.0. The Morgan fingerprint density at radius 2 is 1.89 bits per heavy atom. The summed E-state index contributed by atoms with van der Waals surface area (Å²) in [4.78, 5) is 44.9. The van der Waals surface area contributed by atoms with Gasteiger partial charge in [-0.25, -0.2) is 0 Å². The van der Waals surface area contributed by atoms with Gasteiger partial charge >= 0.3 is 5.97 Å². The Labute approximate surface area is 214 Å². The summed E-state index contributed by atoms with van der Waals surface area (Å²) in [5.41, 5.74) is 0.675. The topological polar surface area (TPSA) is 87.2 Å². The molecule has 7 nitrogen and oxygen atoms in total. The van der Waals surface area contributed by atoms with Gasteiger partial charge in [-0.2, -0.15) is 0 Å². The average molecular weight is 517 g/mol. The molecule has 1 aromatic rings. The molecule has 35 heavy (non-hydrogen) atoms. The van der Waals surface area contributed by atoms with Gasteiger partial charge in [-0.05, 0) is 44.0 Å². The van der Waals surface area contributed by atoms with Crippen molar-refractivity contribution in [3.8, 4) is 0 Å². The summed E-state index contributed by atoms with van der Waals surface area (Å²) in [6, 6.07) is 5.61. The zero-order valence-corrected chi connectivity index (χ0v) is 21.3. The number of fused-ring (bicyclic) bond motifs is 2. The molecule has 1 spiro atoms. The number of cyclic esters (lactones) is 1. The Morgan fingerprint density at radius 1 is 1.14 bits per heavy atom. The van der Waals surface area contributed by atoms with Gasteiger partial charge in [0, 0.05) is 22.0 Å². The first kappa shape index (κ1) is 24.4. The molecule has 0 radical (unpaired) electrons. The van der Waals surface area contributed by atoms with E-state index in [0.29, 0.717) is 30.1 Å². The average Bonchev–Trinajstić information content (AvgIpc) is 3.15. The predicted octanol–water partition coefficient (Wildman–Crippen LogP) is 3.20. The molecule has 4 aliphatic heterocycles. The number of thioether (sulfide) groups is 1. The van der Waals surface area contributed by atoms with Crippen molar-refractivity contribution in [1.29, 1.82) is 0 Å². The quantitative estimate of drug-likeness (QED) is 0.488. The Balaban J connectivity index is 1.68. The second-order valence-corrected chi connectivity index (χ2v) is 11.9. The van der Waals surface area contributed by atoms with Crippen molar-refractivity contribution in [2.75, 3.05) is 24.7 Å². The van der Waals surface area contributed by atoms with Crippen LogP contribution in [0.5, 0.6) is 0 Å². The molecule has 0 saturated carbocycles. The lowest BCUT2D eigenvalue weighted by molar-refractivity contribution is -0.154. The molecule has 4 heterocycles. The number of carbonyl (C=O) groups is 3. The van der Waals surface area contributed by atoms with Gasteiger partial charge in [0.1, 0.15) is 6.04 Å². The molecule has 9 heteroatoms. The Bertz CT molecular complexity index is 1100. The van der Waals surface area contributed by atoms with E-state index in [2.05, 4.69) is 0 Å². The third kappa shape index (κ3) is 3.64. The fourth-order valence-corrected chi connectivity index (χ4v) is 8.35. The lowest BCUT2D eigenvalue weighted by Gasteiger charge is -2.39. The molecule has 4 aliphatic rings. The lowest BCUT2D eigenvalue weighted by Crippen LogP contribution is -2.56. The van der Waals surface area contributed by atoms with Gasteiger partial charge in [-0.15, -0.1) is 11.8 Å². The van der Waals surface area contributed by atoms with Gasteiger partial charge in [0.2, 0.25) is 5.91 Å². The predicted molar refractivity (Wildman–Crippen MR) is 135 cm³/mol. The highest BCUT2D eigenvalue weighted by Crippen LogP contribution is 2.65. The molecule has 1 aromatic carbocycles. The summed E-state index contributed by atoms with van der Waals surface area (Å²) >= 11 is 7.58. The molecule has 0 aliphatic carbocycles. The largest absolute Gasteiger partial charge is 0.465 e. The molecule has 186 valence electrons. The smallest absolute Gasteiger partial charge is 0.311 e. The second-order valence-electron chi connectivity index (χ2n) is 9.67. The molecular weight excluding hydrogens is 488 g/mol. The maximum absolute atomic E-state index is 14.3. The van der Waals surface area contributed by atoms with Gasteiger partial charge in [0.25, 0.3) is 5.91 Å². The van der Waals surface area contributed by atoms with Crippen molar-refractivity contribution < 1.29 is 24.2 Å². The van der Waals surface area contributed by atoms with Crippen LogP contribution < -0.4 is 4.90 Å². The maximum Gasteiger partial charge on any atom is 0.311 e. The van der Waals surface area contributed by atoms with Crippen LogP contribution in [-0.4, -0.2) is 69.1 Å². The van der Waals surface area contributed by atoms with Crippen LogP contribution >= 0.6 is 23.4 Å². The molecular formula is C26H29ClN2O5S. The number of halogens is 1. The minimum absolute atomic E-state index is 0.234. The van der Waals surface area contributed by atoms with Crippen molar-refractivity contribution in [3.63, 3.8) is 0 Å². The Kier molecular flexibility index (Phi) is 6.26. The normalized spacial score (nSPS) is 35.1. The van der Waals surface area contributed by atoms with Crippen molar-refractivity contribution in [2.45, 2.75) is 48.3 Å². The molecule has 2 amide bonds. The fraction of sp³-hybridized carbons (Fsp3) is 0.500. The summed E-state index contributed by atoms with van der Waals surface area (Å²) in [5.74, 6) is -2.43. The van der Waals surface area contributed by atoms with Crippen LogP contribution in [0.2, 0.25) is 5.02 Å². The monoisotopic (exact) mass is 516 g/mol. The number of anilines is 1. The van der Waals surface area contributed by atoms with Crippen molar-refractivity contribution in [2.24, 2.45) is 11.8 Å². The highest BCUT2D eigenvalue weighted by Gasteiger charge is 2.74. The highest BCUT2D eigenvalue weighted by atomic mass is 35.5. The number of esters is 1. The number of rotatable bonds is 4. The summed E-state index contributed by atoms with van der Waals surface area (Å²) in [6.07, 6.45) is 8.97. The highest BCUT2D eigenvalue weighted by molar-refractivity contribution is 8.02. The number of nitrogens with zero attached hydrogens (tertiary/aromatic N) is 2. The summed E-state index contributed by atoms with van der Waals surface area (Å²) in [5, 5.41) is 10.7. The summed E-state index contributed by atoms with van der Waals surface area (Å²) < 4.78 is 3.88. The number of hydrogen-bond donors (Lipinski definition) is 1. The van der Waals surface area contributed by atoms with E-state index in [1.165, 1.54) is 11.8 Å². The van der Waals surface area contributed by atoms with Gasteiger partial charge in [-0.3, -0.25) is 14.4 Å². The van der Waals surface area contributed by atoms with Crippen LogP contribution in [0.1, 0.15) is 26.7 Å². The van der Waals surface area contributed by atoms with Gasteiger partial charge in [0.15, 0.2) is 0 Å². The zero-order valence-electron chi connectivity index (χ0n) is 19.7. The maximum atomic E-state index is 14.3. The summed E-state index contributed by atoms with van der Waals surface area (Å²) in [7, 11) is 0. The second kappa shape index (κ2) is 8.98. The first-order valence-corrected chi connectivity index (χ1v) is 13.2. The number of hydrogen-bond acceptors (Lipinski definition) is 6. The van der Waals surface area contributed by atoms with E-state index in [1.54, 1.807) is 34.1 Å². The Hall–Kier alpha value is -2.29. The first-order valence-electron chi connectivity index (χ1n) is 12.0. The van der Waals surface area contributed by atoms with E-state index < -0.39 is 39.4 Å². The SMILES string of the molecule is CC[C@@H](CO)N1C(=O)[C@@H]2[C@H]3C(=O)OCCC=C[C@@]3(C)S[C@@]23C=CCN(c2ccc(Cl)cc2)C(=O)C13. The van der Waals surface area contributed by atoms with E-state index in [-0.39, 0.29) is 25.0 Å².